The summed E-state index contributed by atoms with van der Waals surface area (Å²) in [6.07, 6.45) is 5.62. The molecule has 0 bridgehead atoms. The van der Waals surface area contributed by atoms with Gasteiger partial charge in [0.1, 0.15) is 6.54 Å². The number of nitrogens with zero attached hydrogens (tertiary/aromatic N) is 6. The number of piperidine rings is 1. The summed E-state index contributed by atoms with van der Waals surface area (Å²) in [6.45, 7) is 9.76. The average Bonchev–Trinajstić information content (AvgIpc) is 3.56. The summed E-state index contributed by atoms with van der Waals surface area (Å²) < 4.78 is 14.7. The number of rotatable bonds is 11. The molecule has 0 unspecified atom stereocenters. The third-order valence-corrected chi connectivity index (χ3v) is 8.77. The van der Waals surface area contributed by atoms with Crippen LogP contribution < -0.4 is 10.2 Å². The Labute approximate surface area is 262 Å². The fourth-order valence-electron chi connectivity index (χ4n) is 6.04. The highest BCUT2D eigenvalue weighted by atomic mass is 35.5. The Kier molecular flexibility index (Phi) is 10.6. The Balaban J connectivity index is 1.17. The van der Waals surface area contributed by atoms with E-state index in [-0.39, 0.29) is 24.3 Å². The zero-order chi connectivity index (χ0) is 31.2. The number of hydrogen-bond acceptors (Lipinski definition) is 8. The number of piperazine rings is 1. The molecule has 2 aliphatic rings. The Morgan fingerprint density at radius 3 is 2.55 bits per heavy atom. The van der Waals surface area contributed by atoms with E-state index in [1.165, 1.54) is 0 Å². The van der Waals surface area contributed by atoms with Crippen LogP contribution in [0.4, 0.5) is 4.79 Å². The van der Waals surface area contributed by atoms with Gasteiger partial charge in [-0.25, -0.2) is 9.80 Å². The van der Waals surface area contributed by atoms with Gasteiger partial charge in [-0.05, 0) is 44.4 Å². The summed E-state index contributed by atoms with van der Waals surface area (Å²) in [6, 6.07) is 5.49. The minimum absolute atomic E-state index is 0.0105. The van der Waals surface area contributed by atoms with Gasteiger partial charge in [0, 0.05) is 81.6 Å². The lowest BCUT2D eigenvalue weighted by Crippen LogP contribution is -2.50. The van der Waals surface area contributed by atoms with Crippen LogP contribution in [0.25, 0.3) is 10.9 Å². The molecule has 0 saturated carbocycles. The lowest BCUT2D eigenvalue weighted by atomic mass is 10.0. The van der Waals surface area contributed by atoms with Crippen LogP contribution in [0.1, 0.15) is 54.7 Å². The van der Waals surface area contributed by atoms with E-state index in [4.69, 9.17) is 21.1 Å². The van der Waals surface area contributed by atoms with E-state index in [0.29, 0.717) is 60.9 Å². The Morgan fingerprint density at radius 2 is 1.84 bits per heavy atom. The summed E-state index contributed by atoms with van der Waals surface area (Å²) in [7, 11) is 1.69. The standard InChI is InChI=1S/C31H42ClN7O5/c1-4-5-28(40)26-19-33-39(22(26)2)24-8-10-38(11-9-24)34-31(42)44-29-20-37(27-7-6-23(32)18-25(27)29)21-30(41)36-14-12-35(13-15-36)16-17-43-3/h6-7,18-20,24H,4-5,8-17,21H2,1-3H3,(H,34,42). The molecule has 44 heavy (non-hydrogen) atoms. The lowest BCUT2D eigenvalue weighted by Gasteiger charge is -2.34. The number of Topliss-reactive ketones (excluding diaryl/α,β-unsaturated/α-hetero) is 1. The SMILES string of the molecule is CCCC(=O)c1cnn(C2CCN(NC(=O)Oc3cn(CC(=O)N4CCN(CCOC)CC4)c4ccc(Cl)cc34)CC2)c1C. The number of hydrogen-bond donors (Lipinski definition) is 1. The van der Waals surface area contributed by atoms with E-state index in [2.05, 4.69) is 15.4 Å². The van der Waals surface area contributed by atoms with E-state index < -0.39 is 6.09 Å². The molecule has 2 aliphatic heterocycles. The zero-order valence-electron chi connectivity index (χ0n) is 25.8. The number of aromatic nitrogens is 3. The first-order chi connectivity index (χ1) is 21.3. The van der Waals surface area contributed by atoms with Crippen molar-refractivity contribution in [2.45, 2.75) is 52.1 Å². The van der Waals surface area contributed by atoms with Crippen LogP contribution in [-0.2, 0) is 16.1 Å². The summed E-state index contributed by atoms with van der Waals surface area (Å²) in [5.74, 6) is 0.474. The van der Waals surface area contributed by atoms with Gasteiger partial charge in [-0.2, -0.15) is 5.10 Å². The van der Waals surface area contributed by atoms with Crippen LogP contribution in [0.3, 0.4) is 0 Å². The molecule has 238 valence electrons. The van der Waals surface area contributed by atoms with Gasteiger partial charge in [0.15, 0.2) is 11.5 Å². The van der Waals surface area contributed by atoms with Gasteiger partial charge in [-0.1, -0.05) is 18.5 Å². The van der Waals surface area contributed by atoms with Crippen LogP contribution in [0.5, 0.6) is 5.75 Å². The van der Waals surface area contributed by atoms with E-state index in [9.17, 15) is 14.4 Å². The van der Waals surface area contributed by atoms with Gasteiger partial charge in [0.25, 0.3) is 0 Å². The molecular weight excluding hydrogens is 586 g/mol. The molecule has 13 heteroatoms. The first kappa shape index (κ1) is 32.0. The normalized spacial score (nSPS) is 16.9. The van der Waals surface area contributed by atoms with Crippen LogP contribution in [0.15, 0.2) is 30.6 Å². The molecule has 1 N–H and O–H groups in total. The first-order valence-electron chi connectivity index (χ1n) is 15.4. The molecular formula is C31H42ClN7O5. The highest BCUT2D eigenvalue weighted by Gasteiger charge is 2.27. The Morgan fingerprint density at radius 1 is 1.09 bits per heavy atom. The van der Waals surface area contributed by atoms with Crippen molar-refractivity contribution in [2.24, 2.45) is 0 Å². The molecule has 2 saturated heterocycles. The number of fused-ring (bicyclic) bond motifs is 1. The molecule has 12 nitrogen and oxygen atoms in total. The van der Waals surface area contributed by atoms with Crippen molar-refractivity contribution in [3.63, 3.8) is 0 Å². The molecule has 1 aromatic carbocycles. The second kappa shape index (κ2) is 14.6. The van der Waals surface area contributed by atoms with Crippen LogP contribution in [0.2, 0.25) is 5.02 Å². The van der Waals surface area contributed by atoms with E-state index in [0.717, 1.165) is 50.1 Å². The van der Waals surface area contributed by atoms with Crippen LogP contribution in [-0.4, -0.2) is 106 Å². The largest absolute Gasteiger partial charge is 0.427 e. The molecule has 0 spiro atoms. The van der Waals surface area contributed by atoms with Gasteiger partial charge >= 0.3 is 6.09 Å². The topological polar surface area (TPSA) is 114 Å². The smallest absolute Gasteiger partial charge is 0.407 e. The van der Waals surface area contributed by atoms with E-state index >= 15 is 0 Å². The van der Waals surface area contributed by atoms with Gasteiger partial charge in [0.2, 0.25) is 5.91 Å². The summed E-state index contributed by atoms with van der Waals surface area (Å²) in [4.78, 5) is 42.7. The summed E-state index contributed by atoms with van der Waals surface area (Å²) in [5, 5.41) is 7.51. The Bertz CT molecular complexity index is 1470. The maximum Gasteiger partial charge on any atom is 0.427 e. The fourth-order valence-corrected chi connectivity index (χ4v) is 6.21. The van der Waals surface area contributed by atoms with Gasteiger partial charge < -0.3 is 18.9 Å². The zero-order valence-corrected chi connectivity index (χ0v) is 26.5. The lowest BCUT2D eigenvalue weighted by molar-refractivity contribution is -0.133. The number of carbonyl (C=O) groups is 3. The maximum atomic E-state index is 13.2. The first-order valence-corrected chi connectivity index (χ1v) is 15.7. The number of ketones is 1. The van der Waals surface area contributed by atoms with Crippen molar-refractivity contribution in [2.75, 3.05) is 59.5 Å². The average molecular weight is 628 g/mol. The van der Waals surface area contributed by atoms with Gasteiger partial charge in [-0.3, -0.25) is 24.6 Å². The highest BCUT2D eigenvalue weighted by molar-refractivity contribution is 6.31. The number of carbonyl (C=O) groups excluding carboxylic acids is 3. The second-order valence-corrected chi connectivity index (χ2v) is 11.9. The molecule has 0 atom stereocenters. The van der Waals surface area contributed by atoms with Gasteiger partial charge in [0.05, 0.1) is 29.9 Å². The van der Waals surface area contributed by atoms with Crippen molar-refractivity contribution >= 4 is 40.3 Å². The molecule has 0 aliphatic carbocycles. The third kappa shape index (κ3) is 7.43. The fraction of sp³-hybridized carbons (Fsp3) is 0.548. The van der Waals surface area contributed by atoms with Crippen molar-refractivity contribution in [1.29, 1.82) is 0 Å². The van der Waals surface area contributed by atoms with Crippen molar-refractivity contribution < 1.29 is 23.9 Å². The van der Waals surface area contributed by atoms with Crippen molar-refractivity contribution in [1.82, 2.24) is 34.6 Å². The number of amides is 2. The van der Waals surface area contributed by atoms with E-state index in [1.54, 1.807) is 31.6 Å². The molecule has 0 radical (unpaired) electrons. The van der Waals surface area contributed by atoms with Gasteiger partial charge in [-0.15, -0.1) is 0 Å². The molecule has 5 rings (SSSR count). The van der Waals surface area contributed by atoms with E-state index in [1.807, 2.05) is 39.1 Å². The third-order valence-electron chi connectivity index (χ3n) is 8.53. The maximum absolute atomic E-state index is 13.2. The molecule has 2 fully saturated rings. The summed E-state index contributed by atoms with van der Waals surface area (Å²) >= 11 is 6.29. The number of benzene rings is 1. The number of methoxy groups -OCH3 is 1. The Hall–Kier alpha value is -3.45. The van der Waals surface area contributed by atoms with Crippen molar-refractivity contribution in [3.05, 3.63) is 46.9 Å². The number of nitrogens with one attached hydrogen (secondary N) is 1. The number of ether oxygens (including phenoxy) is 2. The molecule has 4 heterocycles. The second-order valence-electron chi connectivity index (χ2n) is 11.5. The summed E-state index contributed by atoms with van der Waals surface area (Å²) in [5.41, 5.74) is 5.20. The monoisotopic (exact) mass is 627 g/mol. The minimum Gasteiger partial charge on any atom is -0.407 e. The quantitative estimate of drug-likeness (QED) is 0.318. The number of halogens is 1. The van der Waals surface area contributed by atoms with Crippen LogP contribution in [0, 0.1) is 6.92 Å². The minimum atomic E-state index is -0.608. The molecule has 3 aromatic rings. The predicted molar refractivity (Wildman–Crippen MR) is 167 cm³/mol. The highest BCUT2D eigenvalue weighted by Crippen LogP contribution is 2.31. The number of hydrazine groups is 1. The van der Waals surface area contributed by atoms with Crippen molar-refractivity contribution in [3.8, 4) is 5.75 Å². The molecule has 2 amide bonds. The van der Waals surface area contributed by atoms with Crippen LogP contribution >= 0.6 is 11.6 Å². The molecule has 2 aromatic heterocycles. The predicted octanol–water partition coefficient (Wildman–Crippen LogP) is 3.91.